The van der Waals surface area contributed by atoms with E-state index in [-0.39, 0.29) is 11.7 Å². The molecule has 2 unspecified atom stereocenters. The maximum Gasteiger partial charge on any atom is 0.411 e. The van der Waals surface area contributed by atoms with Gasteiger partial charge in [-0.1, -0.05) is 6.92 Å². The molecule has 0 saturated heterocycles. The zero-order valence-electron chi connectivity index (χ0n) is 11.2. The standard InChI is InChI=1S/C13H18FN3O2/c1-6-4-9(14)5-10(7(6)2)8(3)11(15)12(16)19-13(17)18/h4-5,8,11,16H,15H2,1-3H3,(H2,17,18). The predicted molar refractivity (Wildman–Crippen MR) is 70.7 cm³/mol. The third-order valence-corrected chi connectivity index (χ3v) is 3.21. The van der Waals surface area contributed by atoms with Crippen LogP contribution in [0, 0.1) is 25.1 Å². The summed E-state index contributed by atoms with van der Waals surface area (Å²) in [6.07, 6.45) is -1.08. The number of hydrogen-bond acceptors (Lipinski definition) is 4. The molecule has 5 N–H and O–H groups in total. The maximum atomic E-state index is 13.4. The lowest BCUT2D eigenvalue weighted by molar-refractivity contribution is 0.204. The number of aryl methyl sites for hydroxylation is 1. The Bertz CT molecular complexity index is 517. The lowest BCUT2D eigenvalue weighted by atomic mass is 9.88. The summed E-state index contributed by atoms with van der Waals surface area (Å²) in [5.41, 5.74) is 13.0. The smallest absolute Gasteiger partial charge is 0.394 e. The summed E-state index contributed by atoms with van der Waals surface area (Å²) >= 11 is 0. The Morgan fingerprint density at radius 2 is 2.00 bits per heavy atom. The maximum absolute atomic E-state index is 13.4. The molecule has 0 aliphatic carbocycles. The van der Waals surface area contributed by atoms with Crippen LogP contribution in [0.1, 0.15) is 29.5 Å². The van der Waals surface area contributed by atoms with Gasteiger partial charge in [0.1, 0.15) is 5.82 Å². The number of hydrogen-bond donors (Lipinski definition) is 3. The number of primary amides is 1. The van der Waals surface area contributed by atoms with Crippen LogP contribution in [0.5, 0.6) is 0 Å². The Balaban J connectivity index is 3.03. The normalized spacial score (nSPS) is 13.7. The minimum Gasteiger partial charge on any atom is -0.394 e. The second-order valence-corrected chi connectivity index (χ2v) is 4.54. The molecule has 0 fully saturated rings. The molecule has 0 spiro atoms. The van der Waals surface area contributed by atoms with Crippen molar-refractivity contribution in [3.8, 4) is 0 Å². The number of benzene rings is 1. The number of halogens is 1. The van der Waals surface area contributed by atoms with Gasteiger partial charge in [-0.2, -0.15) is 0 Å². The molecule has 1 aromatic rings. The first-order chi connectivity index (χ1) is 8.73. The van der Waals surface area contributed by atoms with Gasteiger partial charge in [-0.15, -0.1) is 0 Å². The van der Waals surface area contributed by atoms with E-state index in [0.717, 1.165) is 11.1 Å². The molecular formula is C13H18FN3O2. The third kappa shape index (κ3) is 3.51. The van der Waals surface area contributed by atoms with Gasteiger partial charge in [0.15, 0.2) is 0 Å². The van der Waals surface area contributed by atoms with E-state index >= 15 is 0 Å². The largest absolute Gasteiger partial charge is 0.411 e. The summed E-state index contributed by atoms with van der Waals surface area (Å²) in [5, 5.41) is 7.54. The first-order valence-corrected chi connectivity index (χ1v) is 5.82. The molecule has 2 atom stereocenters. The lowest BCUT2D eigenvalue weighted by Gasteiger charge is -2.22. The number of ether oxygens (including phenoxy) is 1. The number of amides is 1. The van der Waals surface area contributed by atoms with Crippen molar-refractivity contribution in [2.24, 2.45) is 11.5 Å². The van der Waals surface area contributed by atoms with Crippen molar-refractivity contribution in [1.82, 2.24) is 0 Å². The Morgan fingerprint density at radius 3 is 2.53 bits per heavy atom. The van der Waals surface area contributed by atoms with Crippen molar-refractivity contribution in [3.63, 3.8) is 0 Å². The Hall–Kier alpha value is -1.95. The zero-order valence-corrected chi connectivity index (χ0v) is 11.2. The first-order valence-electron chi connectivity index (χ1n) is 5.82. The average Bonchev–Trinajstić information content (AvgIpc) is 2.31. The summed E-state index contributed by atoms with van der Waals surface area (Å²) in [5.74, 6) is -1.16. The van der Waals surface area contributed by atoms with Crippen LogP contribution in [-0.2, 0) is 4.74 Å². The van der Waals surface area contributed by atoms with Crippen molar-refractivity contribution in [3.05, 3.63) is 34.6 Å². The Kier molecular flexibility index (Phi) is 4.61. The molecule has 6 heteroatoms. The van der Waals surface area contributed by atoms with Crippen molar-refractivity contribution < 1.29 is 13.9 Å². The number of carbonyl (C=O) groups is 1. The summed E-state index contributed by atoms with van der Waals surface area (Å²) in [6.45, 7) is 5.39. The second kappa shape index (κ2) is 5.79. The van der Waals surface area contributed by atoms with E-state index in [9.17, 15) is 9.18 Å². The molecule has 0 aliphatic rings. The van der Waals surface area contributed by atoms with Gasteiger partial charge >= 0.3 is 6.09 Å². The summed E-state index contributed by atoms with van der Waals surface area (Å²) in [7, 11) is 0. The zero-order chi connectivity index (χ0) is 14.7. The van der Waals surface area contributed by atoms with Crippen molar-refractivity contribution in [1.29, 1.82) is 5.41 Å². The predicted octanol–water partition coefficient (Wildman–Crippen LogP) is 1.95. The molecular weight excluding hydrogens is 249 g/mol. The van der Waals surface area contributed by atoms with Gasteiger partial charge in [0.25, 0.3) is 0 Å². The van der Waals surface area contributed by atoms with Gasteiger partial charge in [-0.25, -0.2) is 9.18 Å². The van der Waals surface area contributed by atoms with Crippen LogP contribution in [0.15, 0.2) is 12.1 Å². The van der Waals surface area contributed by atoms with Gasteiger partial charge in [0, 0.05) is 5.92 Å². The van der Waals surface area contributed by atoms with Crippen LogP contribution in [0.4, 0.5) is 9.18 Å². The Labute approximate surface area is 111 Å². The van der Waals surface area contributed by atoms with Crippen LogP contribution in [0.3, 0.4) is 0 Å². The highest BCUT2D eigenvalue weighted by molar-refractivity contribution is 5.89. The van der Waals surface area contributed by atoms with Crippen LogP contribution in [0.25, 0.3) is 0 Å². The van der Waals surface area contributed by atoms with E-state index in [2.05, 4.69) is 4.74 Å². The molecule has 19 heavy (non-hydrogen) atoms. The average molecular weight is 267 g/mol. The highest BCUT2D eigenvalue weighted by atomic mass is 19.1. The van der Waals surface area contributed by atoms with E-state index in [4.69, 9.17) is 16.9 Å². The van der Waals surface area contributed by atoms with Crippen molar-refractivity contribution >= 4 is 12.0 Å². The molecule has 1 aromatic carbocycles. The molecule has 0 bridgehead atoms. The van der Waals surface area contributed by atoms with Gasteiger partial charge in [0.2, 0.25) is 5.90 Å². The number of rotatable bonds is 3. The topological polar surface area (TPSA) is 102 Å². The highest BCUT2D eigenvalue weighted by Crippen LogP contribution is 2.26. The summed E-state index contributed by atoms with van der Waals surface area (Å²) < 4.78 is 17.9. The molecule has 104 valence electrons. The molecule has 5 nitrogen and oxygen atoms in total. The number of nitrogens with two attached hydrogens (primary N) is 2. The van der Waals surface area contributed by atoms with E-state index in [1.165, 1.54) is 12.1 Å². The van der Waals surface area contributed by atoms with Gasteiger partial charge in [0.05, 0.1) is 6.04 Å². The van der Waals surface area contributed by atoms with Gasteiger partial charge < -0.3 is 16.2 Å². The SMILES string of the molecule is Cc1cc(F)cc(C(C)C(N)C(=N)OC(N)=O)c1C. The van der Waals surface area contributed by atoms with Crippen LogP contribution in [-0.4, -0.2) is 18.0 Å². The summed E-state index contributed by atoms with van der Waals surface area (Å²) in [6, 6.07) is 1.94. The van der Waals surface area contributed by atoms with E-state index in [1.54, 1.807) is 13.8 Å². The second-order valence-electron chi connectivity index (χ2n) is 4.54. The molecule has 0 saturated carbocycles. The molecule has 0 aliphatic heterocycles. The number of nitrogens with one attached hydrogen (secondary N) is 1. The van der Waals surface area contributed by atoms with E-state index in [1.807, 2.05) is 6.92 Å². The van der Waals surface area contributed by atoms with Crippen LogP contribution in [0.2, 0.25) is 0 Å². The van der Waals surface area contributed by atoms with Crippen LogP contribution >= 0.6 is 0 Å². The Morgan fingerprint density at radius 1 is 1.42 bits per heavy atom. The van der Waals surface area contributed by atoms with Gasteiger partial charge in [-0.3, -0.25) is 5.41 Å². The molecule has 0 heterocycles. The molecule has 0 aromatic heterocycles. The fourth-order valence-corrected chi connectivity index (χ4v) is 1.91. The minimum atomic E-state index is -1.08. The fourth-order valence-electron chi connectivity index (χ4n) is 1.91. The van der Waals surface area contributed by atoms with Gasteiger partial charge in [-0.05, 0) is 42.7 Å². The van der Waals surface area contributed by atoms with Crippen LogP contribution < -0.4 is 11.5 Å². The monoisotopic (exact) mass is 267 g/mol. The molecule has 0 radical (unpaired) electrons. The highest BCUT2D eigenvalue weighted by Gasteiger charge is 2.24. The molecule has 1 amide bonds. The van der Waals surface area contributed by atoms with E-state index in [0.29, 0.717) is 5.56 Å². The summed E-state index contributed by atoms with van der Waals surface area (Å²) in [4.78, 5) is 10.6. The number of carbonyl (C=O) groups excluding carboxylic acids is 1. The first kappa shape index (κ1) is 15.1. The quantitative estimate of drug-likeness (QED) is 0.576. The van der Waals surface area contributed by atoms with E-state index < -0.39 is 18.0 Å². The lowest BCUT2D eigenvalue weighted by Crippen LogP contribution is -2.39. The molecule has 1 rings (SSSR count). The fraction of sp³-hybridized carbons (Fsp3) is 0.385. The van der Waals surface area contributed by atoms with Crippen molar-refractivity contribution in [2.45, 2.75) is 32.7 Å². The third-order valence-electron chi connectivity index (χ3n) is 3.21. The minimum absolute atomic E-state index is 0.362. The van der Waals surface area contributed by atoms with Crippen molar-refractivity contribution in [2.75, 3.05) is 0 Å².